The minimum absolute atomic E-state index is 0.140. The summed E-state index contributed by atoms with van der Waals surface area (Å²) >= 11 is 5.19. The minimum atomic E-state index is 0.140. The zero-order valence-corrected chi connectivity index (χ0v) is 11.1. The molecule has 0 aliphatic rings. The van der Waals surface area contributed by atoms with Gasteiger partial charge in [-0.3, -0.25) is 5.41 Å². The van der Waals surface area contributed by atoms with Gasteiger partial charge in [0.05, 0.1) is 0 Å². The number of rotatable bonds is 5. The highest BCUT2D eigenvalue weighted by atomic mass is 79.9. The second-order valence-corrected chi connectivity index (χ2v) is 5.31. The molecule has 0 aliphatic heterocycles. The first-order valence-corrected chi connectivity index (χ1v) is 6.69. The summed E-state index contributed by atoms with van der Waals surface area (Å²) in [6.07, 6.45) is 2.38. The molecule has 1 rings (SSSR count). The van der Waals surface area contributed by atoms with E-state index in [1.165, 1.54) is 12.8 Å². The smallest absolute Gasteiger partial charge is 0.123 e. The van der Waals surface area contributed by atoms with Gasteiger partial charge in [0.25, 0.3) is 0 Å². The van der Waals surface area contributed by atoms with Crippen LogP contribution in [-0.2, 0) is 0 Å². The summed E-state index contributed by atoms with van der Waals surface area (Å²) in [6, 6.07) is 5.83. The number of nitrogen functional groups attached to an aromatic ring is 1. The largest absolute Gasteiger partial charge is 0.384 e. The standard InChI is InChI=1S/C11H15BrN2S/c1-2-3-6-15-10-7-8(12)4-5-9(10)11(13)14/h4-5,7H,2-3,6H2,1H3,(H3,13,14). The van der Waals surface area contributed by atoms with Crippen molar-refractivity contribution in [3.05, 3.63) is 28.2 Å². The molecule has 0 radical (unpaired) electrons. The molecule has 1 aromatic carbocycles. The van der Waals surface area contributed by atoms with Crippen LogP contribution in [0.25, 0.3) is 0 Å². The van der Waals surface area contributed by atoms with Crippen LogP contribution < -0.4 is 5.73 Å². The maximum atomic E-state index is 7.48. The molecule has 0 saturated carbocycles. The Labute approximate surface area is 103 Å². The van der Waals surface area contributed by atoms with Gasteiger partial charge < -0.3 is 5.73 Å². The number of unbranched alkanes of at least 4 members (excludes halogenated alkanes) is 1. The Morgan fingerprint density at radius 2 is 2.27 bits per heavy atom. The molecule has 0 amide bonds. The molecule has 0 saturated heterocycles. The third-order valence-electron chi connectivity index (χ3n) is 1.99. The van der Waals surface area contributed by atoms with Crippen molar-refractivity contribution in [2.75, 3.05) is 5.75 Å². The normalized spacial score (nSPS) is 10.3. The predicted molar refractivity (Wildman–Crippen MR) is 70.8 cm³/mol. The van der Waals surface area contributed by atoms with Crippen LogP contribution in [-0.4, -0.2) is 11.6 Å². The van der Waals surface area contributed by atoms with Crippen molar-refractivity contribution in [1.82, 2.24) is 0 Å². The van der Waals surface area contributed by atoms with E-state index in [2.05, 4.69) is 22.9 Å². The van der Waals surface area contributed by atoms with Crippen LogP contribution in [0, 0.1) is 5.41 Å². The molecule has 15 heavy (non-hydrogen) atoms. The fourth-order valence-corrected chi connectivity index (χ4v) is 2.87. The highest BCUT2D eigenvalue weighted by Crippen LogP contribution is 2.27. The fraction of sp³-hybridized carbons (Fsp3) is 0.364. The molecule has 4 heteroatoms. The van der Waals surface area contributed by atoms with E-state index >= 15 is 0 Å². The number of nitrogens with two attached hydrogens (primary N) is 1. The molecular weight excluding hydrogens is 272 g/mol. The van der Waals surface area contributed by atoms with Gasteiger partial charge in [-0.1, -0.05) is 29.3 Å². The van der Waals surface area contributed by atoms with Gasteiger partial charge in [0.1, 0.15) is 5.84 Å². The van der Waals surface area contributed by atoms with Crippen LogP contribution in [0.1, 0.15) is 25.3 Å². The van der Waals surface area contributed by atoms with Crippen LogP contribution in [0.2, 0.25) is 0 Å². The van der Waals surface area contributed by atoms with Crippen molar-refractivity contribution in [3.63, 3.8) is 0 Å². The summed E-state index contributed by atoms with van der Waals surface area (Å²) in [5.74, 6) is 1.22. The van der Waals surface area contributed by atoms with Crippen molar-refractivity contribution in [3.8, 4) is 0 Å². The third kappa shape index (κ3) is 3.87. The first kappa shape index (κ1) is 12.6. The topological polar surface area (TPSA) is 49.9 Å². The SMILES string of the molecule is CCCCSc1cc(Br)ccc1C(=N)N. The van der Waals surface area contributed by atoms with Crippen LogP contribution in [0.3, 0.4) is 0 Å². The fourth-order valence-electron chi connectivity index (χ4n) is 1.16. The van der Waals surface area contributed by atoms with E-state index in [-0.39, 0.29) is 5.84 Å². The lowest BCUT2D eigenvalue weighted by Crippen LogP contribution is -2.12. The summed E-state index contributed by atoms with van der Waals surface area (Å²) in [4.78, 5) is 1.09. The van der Waals surface area contributed by atoms with Gasteiger partial charge in [0, 0.05) is 14.9 Å². The Bertz CT molecular complexity index is 352. The van der Waals surface area contributed by atoms with Gasteiger partial charge in [-0.2, -0.15) is 0 Å². The lowest BCUT2D eigenvalue weighted by molar-refractivity contribution is 0.896. The van der Waals surface area contributed by atoms with Crippen LogP contribution in [0.5, 0.6) is 0 Å². The Morgan fingerprint density at radius 1 is 1.53 bits per heavy atom. The number of hydrogen-bond acceptors (Lipinski definition) is 2. The van der Waals surface area contributed by atoms with E-state index in [1.807, 2.05) is 18.2 Å². The molecule has 3 N–H and O–H groups in total. The second kappa shape index (κ2) is 6.18. The molecule has 0 spiro atoms. The quantitative estimate of drug-likeness (QED) is 0.376. The average molecular weight is 287 g/mol. The lowest BCUT2D eigenvalue weighted by Gasteiger charge is -2.07. The van der Waals surface area contributed by atoms with Crippen molar-refractivity contribution in [1.29, 1.82) is 5.41 Å². The first-order chi connectivity index (χ1) is 7.15. The molecule has 0 heterocycles. The zero-order valence-electron chi connectivity index (χ0n) is 8.72. The van der Waals surface area contributed by atoms with E-state index < -0.39 is 0 Å². The number of hydrogen-bond donors (Lipinski definition) is 2. The van der Waals surface area contributed by atoms with E-state index in [0.717, 1.165) is 20.7 Å². The van der Waals surface area contributed by atoms with Crippen molar-refractivity contribution < 1.29 is 0 Å². The van der Waals surface area contributed by atoms with Gasteiger partial charge in [-0.15, -0.1) is 11.8 Å². The van der Waals surface area contributed by atoms with Crippen molar-refractivity contribution in [2.45, 2.75) is 24.7 Å². The van der Waals surface area contributed by atoms with Gasteiger partial charge in [0.2, 0.25) is 0 Å². The number of benzene rings is 1. The lowest BCUT2D eigenvalue weighted by atomic mass is 10.2. The van der Waals surface area contributed by atoms with E-state index in [9.17, 15) is 0 Å². The molecule has 0 atom stereocenters. The predicted octanol–water partition coefficient (Wildman–Crippen LogP) is 3.63. The maximum absolute atomic E-state index is 7.48. The number of halogens is 1. The molecule has 0 unspecified atom stereocenters. The van der Waals surface area contributed by atoms with E-state index in [0.29, 0.717) is 0 Å². The zero-order chi connectivity index (χ0) is 11.3. The summed E-state index contributed by atoms with van der Waals surface area (Å²) in [5, 5.41) is 7.48. The van der Waals surface area contributed by atoms with E-state index in [4.69, 9.17) is 11.1 Å². The first-order valence-electron chi connectivity index (χ1n) is 4.92. The van der Waals surface area contributed by atoms with Crippen molar-refractivity contribution in [2.24, 2.45) is 5.73 Å². The van der Waals surface area contributed by atoms with Crippen LogP contribution >= 0.6 is 27.7 Å². The number of nitrogens with one attached hydrogen (secondary N) is 1. The summed E-state index contributed by atoms with van der Waals surface area (Å²) in [7, 11) is 0. The molecule has 0 fully saturated rings. The number of thioether (sulfide) groups is 1. The average Bonchev–Trinajstić information content (AvgIpc) is 2.18. The Kier molecular flexibility index (Phi) is 5.19. The molecule has 82 valence electrons. The van der Waals surface area contributed by atoms with Crippen LogP contribution in [0.4, 0.5) is 0 Å². The van der Waals surface area contributed by atoms with Crippen molar-refractivity contribution >= 4 is 33.5 Å². The monoisotopic (exact) mass is 286 g/mol. The Morgan fingerprint density at radius 3 is 2.87 bits per heavy atom. The highest BCUT2D eigenvalue weighted by molar-refractivity contribution is 9.10. The molecule has 0 aliphatic carbocycles. The van der Waals surface area contributed by atoms with Gasteiger partial charge in [0.15, 0.2) is 0 Å². The van der Waals surface area contributed by atoms with Gasteiger partial charge >= 0.3 is 0 Å². The second-order valence-electron chi connectivity index (χ2n) is 3.26. The molecular formula is C11H15BrN2S. The van der Waals surface area contributed by atoms with Gasteiger partial charge in [-0.05, 0) is 30.4 Å². The molecule has 0 bridgehead atoms. The number of amidine groups is 1. The summed E-state index contributed by atoms with van der Waals surface area (Å²) in [5.41, 5.74) is 6.36. The van der Waals surface area contributed by atoms with Gasteiger partial charge in [-0.25, -0.2) is 0 Å². The third-order valence-corrected chi connectivity index (χ3v) is 3.62. The Balaban J connectivity index is 2.82. The Hall–Kier alpha value is -0.480. The molecule has 2 nitrogen and oxygen atoms in total. The molecule has 0 aromatic heterocycles. The molecule has 1 aromatic rings. The van der Waals surface area contributed by atoms with E-state index in [1.54, 1.807) is 11.8 Å². The van der Waals surface area contributed by atoms with Crippen LogP contribution in [0.15, 0.2) is 27.6 Å². The summed E-state index contributed by atoms with van der Waals surface area (Å²) < 4.78 is 1.03. The minimum Gasteiger partial charge on any atom is -0.384 e. The highest BCUT2D eigenvalue weighted by Gasteiger charge is 2.06. The summed E-state index contributed by atoms with van der Waals surface area (Å²) in [6.45, 7) is 2.17. The maximum Gasteiger partial charge on any atom is 0.123 e.